The van der Waals surface area contributed by atoms with E-state index in [2.05, 4.69) is 67.5 Å². The number of rotatable bonds is 37. The average Bonchev–Trinajstić information content (AvgIpc) is 1.95. The van der Waals surface area contributed by atoms with Crippen LogP contribution in [0.4, 0.5) is 0 Å². The van der Waals surface area contributed by atoms with Gasteiger partial charge in [-0.25, -0.2) is 9.97 Å². The third kappa shape index (κ3) is 23.1. The highest BCUT2D eigenvalue weighted by Crippen LogP contribution is 2.21. The molecule has 29 heteroatoms. The van der Waals surface area contributed by atoms with Crippen molar-refractivity contribution in [3.8, 4) is 0 Å². The third-order valence-electron chi connectivity index (χ3n) is 15.4. The minimum absolute atomic E-state index is 0.0163. The number of primary amides is 1. The largest absolute Gasteiger partial charge is 0.370 e. The van der Waals surface area contributed by atoms with Gasteiger partial charge in [-0.1, -0.05) is 105 Å². The van der Waals surface area contributed by atoms with Crippen molar-refractivity contribution in [1.29, 1.82) is 0 Å². The number of aromatic nitrogens is 4. The van der Waals surface area contributed by atoms with E-state index >= 15 is 0 Å². The van der Waals surface area contributed by atoms with E-state index in [1.807, 2.05) is 30.3 Å². The molecule has 6 rings (SSSR count). The number of H-pyrrole nitrogens is 2. The number of nitrogens with zero attached hydrogens (tertiary/aromatic N) is 4. The number of aromatic amines is 2. The first kappa shape index (κ1) is 71.1. The SMILES string of the molecule is CC(C)[C@H](NC(=O)[C@@H]1CCCN1C(=O)[C@H](CCCCN)NC(=O)CNC(=O)[C@H](CCCN=C(N)N)NC(=O)[C@H](Cc1ccccc1)NC(=O)[C@H](Cc1cnc[nH]1)NC(=O)[C@H](Cc1cnc[nH]1)NC(=O)[C@H](Cc1ccccc1)NC(=O)[C@@H](N)Cc1ccccc1)C(N)=O. The number of unbranched alkanes of at least 4 members (excludes halogenated alkanes) is 1. The Hall–Kier alpha value is -10.0. The first-order valence-corrected chi connectivity index (χ1v) is 30.8. The molecule has 0 aliphatic carbocycles. The van der Waals surface area contributed by atoms with Crippen LogP contribution >= 0.6 is 0 Å². The van der Waals surface area contributed by atoms with Crippen LogP contribution in [-0.2, 0) is 80.0 Å². The fourth-order valence-corrected chi connectivity index (χ4v) is 10.5. The molecular formula is C63H87N19O10. The van der Waals surface area contributed by atoms with E-state index in [1.165, 1.54) is 29.9 Å². The Morgan fingerprint density at radius 1 is 0.565 bits per heavy atom. The van der Waals surface area contributed by atoms with E-state index in [0.29, 0.717) is 54.7 Å². The van der Waals surface area contributed by atoms with E-state index in [-0.39, 0.29) is 76.3 Å². The van der Waals surface area contributed by atoms with Crippen LogP contribution in [0.25, 0.3) is 0 Å². The van der Waals surface area contributed by atoms with Crippen LogP contribution in [0.2, 0.25) is 0 Å². The molecule has 0 bridgehead atoms. The number of imidazole rings is 2. The van der Waals surface area contributed by atoms with Gasteiger partial charge in [0.25, 0.3) is 0 Å². The van der Waals surface area contributed by atoms with Gasteiger partial charge in [0.2, 0.25) is 59.1 Å². The zero-order valence-corrected chi connectivity index (χ0v) is 51.8. The second kappa shape index (κ2) is 36.6. The fourth-order valence-electron chi connectivity index (χ4n) is 10.5. The van der Waals surface area contributed by atoms with E-state index in [9.17, 15) is 47.9 Å². The van der Waals surface area contributed by atoms with Crippen molar-refractivity contribution in [2.24, 2.45) is 39.6 Å². The summed E-state index contributed by atoms with van der Waals surface area (Å²) in [5, 5.41) is 21.8. The van der Waals surface area contributed by atoms with E-state index < -0.39 is 120 Å². The molecule has 20 N–H and O–H groups in total. The monoisotopic (exact) mass is 1270 g/mol. The molecule has 494 valence electrons. The molecule has 3 aromatic carbocycles. The van der Waals surface area contributed by atoms with Crippen molar-refractivity contribution in [3.63, 3.8) is 0 Å². The Bertz CT molecular complexity index is 3220. The second-order valence-electron chi connectivity index (χ2n) is 22.9. The Morgan fingerprint density at radius 2 is 1.03 bits per heavy atom. The highest BCUT2D eigenvalue weighted by molar-refractivity contribution is 5.98. The summed E-state index contributed by atoms with van der Waals surface area (Å²) >= 11 is 0. The van der Waals surface area contributed by atoms with Gasteiger partial charge in [-0.2, -0.15) is 0 Å². The standard InChI is InChI=1S/C63H87N19O10/c1-38(2)53(54(66)84)81-61(91)51-24-15-27-82(51)62(92)46(22-12-13-25-64)75-52(83)35-72-56(86)45(23-14-26-71-63(67)68)76-57(87)48(30-41-20-10-5-11-21-41)78-59(89)49(31-42-33-69-36-73-42)80-60(90)50(32-43-34-70-37-74-43)79-58(88)47(29-40-18-8-4-9-19-40)77-55(85)44(65)28-39-16-6-3-7-17-39/h3-11,16-21,33-34,36-38,44-51,53H,12-15,22-32,35,64-65H2,1-2H3,(H2,66,84)(H,69,73)(H,70,74)(H,72,86)(H,75,83)(H,76,87)(H,77,85)(H,78,89)(H,79,88)(H,80,90)(H,81,91)(H4,67,68,71)/t44-,45-,46-,47-,48-,49-,50-,51-,53-/m0/s1. The van der Waals surface area contributed by atoms with Crippen LogP contribution in [0.15, 0.2) is 121 Å². The van der Waals surface area contributed by atoms with Crippen molar-refractivity contribution in [3.05, 3.63) is 144 Å². The highest BCUT2D eigenvalue weighted by Gasteiger charge is 2.40. The second-order valence-corrected chi connectivity index (χ2v) is 22.9. The lowest BCUT2D eigenvalue weighted by molar-refractivity contribution is -0.142. The highest BCUT2D eigenvalue weighted by atomic mass is 16.2. The Labute approximate surface area is 533 Å². The van der Waals surface area contributed by atoms with Crippen molar-refractivity contribution >= 4 is 65.0 Å². The molecule has 0 saturated carbocycles. The van der Waals surface area contributed by atoms with Crippen molar-refractivity contribution in [1.82, 2.24) is 67.4 Å². The van der Waals surface area contributed by atoms with Gasteiger partial charge in [-0.15, -0.1) is 0 Å². The van der Waals surface area contributed by atoms with Crippen LogP contribution in [0.5, 0.6) is 0 Å². The molecule has 1 fully saturated rings. The number of likely N-dealkylation sites (tertiary alicyclic amines) is 1. The Morgan fingerprint density at radius 3 is 1.49 bits per heavy atom. The maximum Gasteiger partial charge on any atom is 0.245 e. The summed E-state index contributed by atoms with van der Waals surface area (Å²) < 4.78 is 0. The van der Waals surface area contributed by atoms with Gasteiger partial charge in [0.1, 0.15) is 48.3 Å². The molecule has 1 aliphatic heterocycles. The molecule has 2 aromatic heterocycles. The molecule has 0 spiro atoms. The molecule has 92 heavy (non-hydrogen) atoms. The summed E-state index contributed by atoms with van der Waals surface area (Å²) in [6, 6.07) is 15.7. The fraction of sp³-hybridized carbons (Fsp3) is 0.444. The molecule has 0 radical (unpaired) electrons. The summed E-state index contributed by atoms with van der Waals surface area (Å²) in [6.07, 6.45) is 7.31. The summed E-state index contributed by atoms with van der Waals surface area (Å²) in [6.45, 7) is 3.33. The van der Waals surface area contributed by atoms with E-state index in [1.54, 1.807) is 74.5 Å². The number of nitrogens with one attached hydrogen (secondary N) is 10. The number of benzene rings is 3. The predicted molar refractivity (Wildman–Crippen MR) is 341 cm³/mol. The molecular weight excluding hydrogens is 1180 g/mol. The lowest BCUT2D eigenvalue weighted by Gasteiger charge is -2.30. The van der Waals surface area contributed by atoms with Crippen LogP contribution in [-0.4, -0.2) is 170 Å². The molecule has 1 aliphatic rings. The molecule has 9 atom stereocenters. The van der Waals surface area contributed by atoms with Crippen LogP contribution in [0.1, 0.15) is 86.9 Å². The van der Waals surface area contributed by atoms with Gasteiger partial charge in [0.05, 0.1) is 25.2 Å². The van der Waals surface area contributed by atoms with Gasteiger partial charge < -0.3 is 86.1 Å². The van der Waals surface area contributed by atoms with Gasteiger partial charge in [0.15, 0.2) is 5.96 Å². The number of nitrogens with two attached hydrogens (primary N) is 5. The number of guanidine groups is 1. The third-order valence-corrected chi connectivity index (χ3v) is 15.4. The first-order valence-electron chi connectivity index (χ1n) is 30.8. The zero-order valence-electron chi connectivity index (χ0n) is 51.8. The molecule has 29 nitrogen and oxygen atoms in total. The van der Waals surface area contributed by atoms with Crippen molar-refractivity contribution in [2.75, 3.05) is 26.2 Å². The normalized spacial score (nSPS) is 15.4. The summed E-state index contributed by atoms with van der Waals surface area (Å²) in [7, 11) is 0. The molecule has 5 aromatic rings. The maximum absolute atomic E-state index is 14.9. The van der Waals surface area contributed by atoms with Gasteiger partial charge >= 0.3 is 0 Å². The summed E-state index contributed by atoms with van der Waals surface area (Å²) in [4.78, 5) is 160. The van der Waals surface area contributed by atoms with Crippen molar-refractivity contribution in [2.45, 2.75) is 145 Å². The molecule has 1 saturated heterocycles. The summed E-state index contributed by atoms with van der Waals surface area (Å²) in [5.74, 6) is -7.85. The number of carbonyl (C=O) groups excluding carboxylic acids is 10. The Balaban J connectivity index is 1.21. The topological polar surface area (TPSA) is 470 Å². The molecule has 0 unspecified atom stereocenters. The van der Waals surface area contributed by atoms with Crippen molar-refractivity contribution < 1.29 is 47.9 Å². The molecule has 10 amide bonds. The lowest BCUT2D eigenvalue weighted by Crippen LogP contribution is -2.61. The quantitative estimate of drug-likeness (QED) is 0.0114. The van der Waals surface area contributed by atoms with Gasteiger partial charge in [0, 0.05) is 62.6 Å². The zero-order chi connectivity index (χ0) is 66.5. The van der Waals surface area contributed by atoms with Gasteiger partial charge in [-0.3, -0.25) is 52.9 Å². The smallest absolute Gasteiger partial charge is 0.245 e. The average molecular weight is 1270 g/mol. The van der Waals surface area contributed by atoms with Crippen LogP contribution in [0.3, 0.4) is 0 Å². The summed E-state index contributed by atoms with van der Waals surface area (Å²) in [5.41, 5.74) is 31.8. The van der Waals surface area contributed by atoms with Crippen LogP contribution < -0.4 is 71.2 Å². The first-order chi connectivity index (χ1) is 44.2. The number of hydrogen-bond acceptors (Lipinski definition) is 15. The number of amides is 10. The van der Waals surface area contributed by atoms with E-state index in [0.717, 1.165) is 5.56 Å². The minimum Gasteiger partial charge on any atom is -0.370 e. The Kier molecular flexibility index (Phi) is 28.3. The van der Waals surface area contributed by atoms with Gasteiger partial charge in [-0.05, 0) is 80.5 Å². The number of aliphatic imine (C=N–C) groups is 1. The number of hydrogen-bond donors (Lipinski definition) is 15. The number of carbonyl (C=O) groups is 10. The maximum atomic E-state index is 14.9. The lowest BCUT2D eigenvalue weighted by atomic mass is 10.0. The van der Waals surface area contributed by atoms with Crippen LogP contribution in [0, 0.1) is 5.92 Å². The molecule has 3 heterocycles. The predicted octanol–water partition coefficient (Wildman–Crippen LogP) is -2.20. The minimum atomic E-state index is -1.46. The van der Waals surface area contributed by atoms with E-state index in [4.69, 9.17) is 28.7 Å².